The van der Waals surface area contributed by atoms with Gasteiger partial charge in [-0.1, -0.05) is 0 Å². The van der Waals surface area contributed by atoms with Crippen molar-refractivity contribution in [2.24, 2.45) is 0 Å². The first kappa shape index (κ1) is 10.7. The lowest BCUT2D eigenvalue weighted by Crippen LogP contribution is -2.49. The number of benzene rings is 1. The molecule has 0 unspecified atom stereocenters. The van der Waals surface area contributed by atoms with Crippen LogP contribution in [-0.2, 0) is 0 Å². The molecule has 1 aromatic carbocycles. The molecule has 0 spiro atoms. The zero-order chi connectivity index (χ0) is 26.6. The lowest BCUT2D eigenvalue weighted by Gasteiger charge is -2.34. The number of nitrogens with zero attached hydrogens (tertiary/aromatic N) is 4. The van der Waals surface area contributed by atoms with Gasteiger partial charge in [-0.2, -0.15) is 4.98 Å². The molecule has 0 bridgehead atoms. The largest absolute Gasteiger partial charge is 0.493 e. The van der Waals surface area contributed by atoms with Gasteiger partial charge in [-0.15, -0.1) is 0 Å². The molecular weight excluding hydrogens is 362 g/mol. The van der Waals surface area contributed by atoms with E-state index in [1.807, 2.05) is 0 Å². The van der Waals surface area contributed by atoms with Crippen LogP contribution in [0, 0.1) is 0 Å². The van der Waals surface area contributed by atoms with E-state index < -0.39 is 37.8 Å². The summed E-state index contributed by atoms with van der Waals surface area (Å²) >= 11 is 0. The summed E-state index contributed by atoms with van der Waals surface area (Å²) in [6, 6.07) is 2.07. The average molecular weight is 391 g/mol. The van der Waals surface area contributed by atoms with Crippen LogP contribution in [0.3, 0.4) is 0 Å². The molecule has 4 rings (SSSR count). The number of hydrogen-bond acceptors (Lipinski definition) is 8. The van der Waals surface area contributed by atoms with E-state index in [2.05, 4.69) is 9.97 Å². The van der Waals surface area contributed by atoms with E-state index >= 15 is 0 Å². The average Bonchev–Trinajstić information content (AvgIpc) is 3.33. The highest BCUT2D eigenvalue weighted by molar-refractivity contribution is 5.92. The Labute approximate surface area is 173 Å². The van der Waals surface area contributed by atoms with E-state index in [-0.39, 0.29) is 51.9 Å². The number of methoxy groups -OCH3 is 2. The van der Waals surface area contributed by atoms with E-state index in [4.69, 9.17) is 24.9 Å². The molecule has 3 heterocycles. The molecule has 0 aliphatic carbocycles. The van der Waals surface area contributed by atoms with Crippen LogP contribution in [0.5, 0.6) is 11.5 Å². The van der Waals surface area contributed by atoms with Gasteiger partial charge in [0, 0.05) is 37.5 Å². The lowest BCUT2D eigenvalue weighted by molar-refractivity contribution is 0.0714. The van der Waals surface area contributed by atoms with E-state index in [9.17, 15) is 4.79 Å². The van der Waals surface area contributed by atoms with Crippen LogP contribution in [-0.4, -0.2) is 61.1 Å². The first-order valence-electron chi connectivity index (χ1n) is 12.1. The molecule has 28 heavy (non-hydrogen) atoms. The number of anilines is 2. The normalized spacial score (nSPS) is 21.9. The molecule has 1 aliphatic rings. The van der Waals surface area contributed by atoms with Gasteiger partial charge in [-0.05, 0) is 18.2 Å². The quantitative estimate of drug-likeness (QED) is 0.701. The molecule has 1 aliphatic heterocycles. The van der Waals surface area contributed by atoms with Crippen LogP contribution in [0.15, 0.2) is 34.9 Å². The summed E-state index contributed by atoms with van der Waals surface area (Å²) < 4.78 is 81.7. The fourth-order valence-electron chi connectivity index (χ4n) is 2.63. The molecule has 0 saturated carbocycles. The van der Waals surface area contributed by atoms with Gasteiger partial charge < -0.3 is 29.4 Å². The summed E-state index contributed by atoms with van der Waals surface area (Å²) in [5.41, 5.74) is -0.0750. The third-order valence-electron chi connectivity index (χ3n) is 4.02. The molecule has 3 aromatic rings. The Morgan fingerprint density at radius 1 is 1.29 bits per heavy atom. The molecule has 9 nitrogen and oxygen atoms in total. The second-order valence-corrected chi connectivity index (χ2v) is 5.68. The molecule has 2 N–H and O–H groups in total. The summed E-state index contributed by atoms with van der Waals surface area (Å²) in [4.78, 5) is 22.8. The molecule has 1 saturated heterocycles. The van der Waals surface area contributed by atoms with Crippen molar-refractivity contribution in [1.82, 2.24) is 14.9 Å². The zero-order valence-electron chi connectivity index (χ0n) is 23.0. The maximum Gasteiger partial charge on any atom is 0.289 e. The second-order valence-electron chi connectivity index (χ2n) is 5.68. The van der Waals surface area contributed by atoms with Crippen molar-refractivity contribution < 1.29 is 29.7 Å². The number of aromatic nitrogens is 2. The van der Waals surface area contributed by atoms with E-state index in [0.29, 0.717) is 4.90 Å². The lowest BCUT2D eigenvalue weighted by atomic mass is 10.2. The van der Waals surface area contributed by atoms with E-state index in [1.54, 1.807) is 0 Å². The van der Waals surface area contributed by atoms with Gasteiger partial charge in [-0.3, -0.25) is 4.79 Å². The topological polar surface area (TPSA) is 107 Å². The number of nitrogen functional groups attached to an aromatic ring is 1. The minimum atomic E-state index is -2.56. The minimum Gasteiger partial charge on any atom is -0.493 e. The number of carbonyl (C=O) groups excluding carboxylic acids is 1. The van der Waals surface area contributed by atoms with Gasteiger partial charge in [0.15, 0.2) is 20.1 Å². The molecule has 2 aromatic heterocycles. The maximum absolute atomic E-state index is 12.8. The number of furan rings is 1. The Bertz CT molecular complexity index is 1300. The Balaban J connectivity index is 1.86. The van der Waals surface area contributed by atoms with Crippen LogP contribution in [0.25, 0.3) is 10.9 Å². The summed E-state index contributed by atoms with van der Waals surface area (Å²) in [7, 11) is 2.53. The van der Waals surface area contributed by atoms with Crippen molar-refractivity contribution in [3.8, 4) is 11.5 Å². The van der Waals surface area contributed by atoms with Crippen LogP contribution >= 0.6 is 0 Å². The second kappa shape index (κ2) is 7.26. The summed E-state index contributed by atoms with van der Waals surface area (Å²) in [6.07, 6.45) is 1.22. The third-order valence-corrected chi connectivity index (χ3v) is 4.02. The number of hydrogen-bond donors (Lipinski definition) is 1. The van der Waals surface area contributed by atoms with Crippen LogP contribution in [0.2, 0.25) is 2.82 Å². The monoisotopic (exact) mass is 391 g/mol. The van der Waals surface area contributed by atoms with Crippen LogP contribution < -0.4 is 20.1 Å². The minimum absolute atomic E-state index is 0.108. The Morgan fingerprint density at radius 3 is 2.68 bits per heavy atom. The van der Waals surface area contributed by atoms with Crippen molar-refractivity contribution in [3.05, 3.63) is 36.2 Å². The highest BCUT2D eigenvalue weighted by Crippen LogP contribution is 2.34. The first-order chi connectivity index (χ1) is 16.8. The molecular formula is C19H21N5O4. The maximum atomic E-state index is 12.8. The molecule has 146 valence electrons. The van der Waals surface area contributed by atoms with Gasteiger partial charge in [0.2, 0.25) is 5.95 Å². The number of rotatable bonds is 5. The van der Waals surface area contributed by atoms with Crippen molar-refractivity contribution in [3.63, 3.8) is 0 Å². The summed E-state index contributed by atoms with van der Waals surface area (Å²) in [6.45, 7) is -6.27. The molecule has 9 heteroatoms. The number of nitrogens with two attached hydrogens (primary N) is 1. The van der Waals surface area contributed by atoms with E-state index in [1.165, 1.54) is 32.6 Å². The number of carbonyl (C=O) groups is 1. The van der Waals surface area contributed by atoms with Crippen LogP contribution in [0.1, 0.15) is 18.8 Å². The SMILES string of the molecule is [2H]c1c(OC)c(OC)c([2H])c2c(N([2H])[2H])nc(N3CC([2H])([2H])N(C(=O)c4ccco4)C([2H])([2H])C3)nc12. The van der Waals surface area contributed by atoms with Gasteiger partial charge in [0.25, 0.3) is 5.91 Å². The fraction of sp³-hybridized carbons (Fsp3) is 0.316. The van der Waals surface area contributed by atoms with Crippen LogP contribution in [0.4, 0.5) is 11.8 Å². The summed E-state index contributed by atoms with van der Waals surface area (Å²) in [5, 5.41) is -0.149. The van der Waals surface area contributed by atoms with E-state index in [0.717, 1.165) is 4.90 Å². The van der Waals surface area contributed by atoms with Gasteiger partial charge in [0.05, 0.1) is 34.2 Å². The zero-order valence-corrected chi connectivity index (χ0v) is 15.0. The molecule has 1 amide bonds. The number of piperazine rings is 1. The predicted molar refractivity (Wildman–Crippen MR) is 104 cm³/mol. The molecule has 0 atom stereocenters. The predicted octanol–water partition coefficient (Wildman–Crippen LogP) is 1.78. The molecule has 1 fully saturated rings. The number of fused-ring (bicyclic) bond motifs is 1. The Morgan fingerprint density at radius 2 is 2.04 bits per heavy atom. The van der Waals surface area contributed by atoms with Gasteiger partial charge in [-0.25, -0.2) is 4.98 Å². The Kier molecular flexibility index (Phi) is 2.79. The highest BCUT2D eigenvalue weighted by Gasteiger charge is 2.25. The number of amides is 1. The third kappa shape index (κ3) is 3.15. The van der Waals surface area contributed by atoms with Crippen molar-refractivity contribution in [2.75, 3.05) is 50.9 Å². The molecule has 0 radical (unpaired) electrons. The van der Waals surface area contributed by atoms with Crippen molar-refractivity contribution >= 4 is 28.6 Å². The van der Waals surface area contributed by atoms with Gasteiger partial charge >= 0.3 is 0 Å². The standard InChI is InChI=1S/C19H21N5O4/c1-26-15-10-12-13(11-16(15)27-2)21-19(22-17(12)20)24-7-5-23(6-8-24)18(25)14-4-3-9-28-14/h3-4,9-11H,5-8H2,1-2H3,(H2,20,21,22)/i5D2,6D2,10D,11D/hD2. The first-order valence-corrected chi connectivity index (χ1v) is 8.18. The number of ether oxygens (including phenoxy) is 2. The van der Waals surface area contributed by atoms with Gasteiger partial charge in [0.1, 0.15) is 5.82 Å². The summed E-state index contributed by atoms with van der Waals surface area (Å²) in [5.74, 6) is -2.17. The Hall–Kier alpha value is -3.49. The van der Waals surface area contributed by atoms with Crippen molar-refractivity contribution in [1.29, 1.82) is 0 Å². The highest BCUT2D eigenvalue weighted by atomic mass is 16.5. The van der Waals surface area contributed by atoms with Crippen molar-refractivity contribution in [2.45, 2.75) is 0 Å². The fourth-order valence-corrected chi connectivity index (χ4v) is 2.63. The smallest absolute Gasteiger partial charge is 0.289 e.